The van der Waals surface area contributed by atoms with Gasteiger partial charge in [-0.3, -0.25) is 19.5 Å². The minimum Gasteiger partial charge on any atom is -0.368 e. The summed E-state index contributed by atoms with van der Waals surface area (Å²) in [4.78, 5) is 36.5. The van der Waals surface area contributed by atoms with Crippen molar-refractivity contribution in [3.63, 3.8) is 0 Å². The Morgan fingerprint density at radius 2 is 1.85 bits per heavy atom. The lowest BCUT2D eigenvalue weighted by Gasteiger charge is -2.38. The molecule has 1 aromatic carbocycles. The van der Waals surface area contributed by atoms with Crippen molar-refractivity contribution in [2.24, 2.45) is 0 Å². The molecular formula is C26H34N6O2. The van der Waals surface area contributed by atoms with E-state index in [-0.39, 0.29) is 29.9 Å². The van der Waals surface area contributed by atoms with Gasteiger partial charge in [0.1, 0.15) is 0 Å². The maximum Gasteiger partial charge on any atom is 0.237 e. The van der Waals surface area contributed by atoms with Gasteiger partial charge in [0.05, 0.1) is 11.7 Å². The third-order valence-corrected chi connectivity index (χ3v) is 7.37. The van der Waals surface area contributed by atoms with Crippen LogP contribution < -0.4 is 15.5 Å². The van der Waals surface area contributed by atoms with Gasteiger partial charge in [0.15, 0.2) is 0 Å². The number of carbonyl (C=O) groups is 2. The van der Waals surface area contributed by atoms with Crippen LogP contribution in [0.4, 0.5) is 5.69 Å². The second kappa shape index (κ2) is 10.5. The normalized spacial score (nSPS) is 25.2. The highest BCUT2D eigenvalue weighted by atomic mass is 16.2. The van der Waals surface area contributed by atoms with E-state index in [1.807, 2.05) is 29.2 Å². The van der Waals surface area contributed by atoms with Crippen LogP contribution in [0.25, 0.3) is 0 Å². The first-order valence-electron chi connectivity index (χ1n) is 12.4. The van der Waals surface area contributed by atoms with Crippen molar-refractivity contribution in [3.05, 3.63) is 60.4 Å². The zero-order valence-electron chi connectivity index (χ0n) is 19.6. The van der Waals surface area contributed by atoms with Crippen molar-refractivity contribution in [3.8, 4) is 0 Å². The lowest BCUT2D eigenvalue weighted by molar-refractivity contribution is -0.132. The molecule has 8 nitrogen and oxygen atoms in total. The lowest BCUT2D eigenvalue weighted by Crippen LogP contribution is -2.58. The Labute approximate surface area is 201 Å². The van der Waals surface area contributed by atoms with Gasteiger partial charge in [-0.25, -0.2) is 0 Å². The van der Waals surface area contributed by atoms with Crippen molar-refractivity contribution >= 4 is 17.5 Å². The number of piperazine rings is 2. The molecule has 5 rings (SSSR count). The number of rotatable bonds is 7. The first kappa shape index (κ1) is 22.8. The van der Waals surface area contributed by atoms with Crippen molar-refractivity contribution in [1.29, 1.82) is 0 Å². The Bertz CT molecular complexity index is 964. The molecule has 3 aliphatic heterocycles. The van der Waals surface area contributed by atoms with E-state index in [9.17, 15) is 9.59 Å². The highest BCUT2D eigenvalue weighted by Crippen LogP contribution is 2.26. The lowest BCUT2D eigenvalue weighted by atomic mass is 10.0. The molecule has 3 aliphatic rings. The van der Waals surface area contributed by atoms with Gasteiger partial charge >= 0.3 is 0 Å². The van der Waals surface area contributed by atoms with Gasteiger partial charge in [0, 0.05) is 76.2 Å². The van der Waals surface area contributed by atoms with Gasteiger partial charge in [-0.2, -0.15) is 0 Å². The molecule has 0 aliphatic carbocycles. The second-order valence-electron chi connectivity index (χ2n) is 9.49. The predicted octanol–water partition coefficient (Wildman–Crippen LogP) is 1.24. The summed E-state index contributed by atoms with van der Waals surface area (Å²) in [6.45, 7) is 5.42. The Morgan fingerprint density at radius 1 is 1.06 bits per heavy atom. The predicted molar refractivity (Wildman–Crippen MR) is 131 cm³/mol. The molecule has 4 heterocycles. The summed E-state index contributed by atoms with van der Waals surface area (Å²) >= 11 is 0. The van der Waals surface area contributed by atoms with Crippen LogP contribution in [0.5, 0.6) is 0 Å². The number of pyridine rings is 1. The topological polar surface area (TPSA) is 80.8 Å². The van der Waals surface area contributed by atoms with Gasteiger partial charge in [-0.1, -0.05) is 24.3 Å². The number of fused-ring (bicyclic) bond motifs is 1. The zero-order valence-corrected chi connectivity index (χ0v) is 19.6. The Kier molecular flexibility index (Phi) is 7.06. The number of benzene rings is 1. The molecule has 3 saturated heterocycles. The van der Waals surface area contributed by atoms with Crippen LogP contribution in [0, 0.1) is 0 Å². The molecule has 0 spiro atoms. The number of amides is 2. The van der Waals surface area contributed by atoms with E-state index in [4.69, 9.17) is 0 Å². The Balaban J connectivity index is 1.10. The minimum atomic E-state index is -0.107. The van der Waals surface area contributed by atoms with Gasteiger partial charge in [-0.15, -0.1) is 0 Å². The quantitative estimate of drug-likeness (QED) is 0.645. The summed E-state index contributed by atoms with van der Waals surface area (Å²) in [6, 6.07) is 16.7. The molecule has 3 atom stereocenters. The molecule has 2 N–H and O–H groups in total. The zero-order chi connectivity index (χ0) is 23.3. The molecule has 0 radical (unpaired) electrons. The van der Waals surface area contributed by atoms with Crippen LogP contribution in [0.1, 0.15) is 25.0 Å². The van der Waals surface area contributed by atoms with Gasteiger partial charge in [0.25, 0.3) is 0 Å². The van der Waals surface area contributed by atoms with E-state index in [1.165, 1.54) is 5.69 Å². The number of anilines is 1. The minimum absolute atomic E-state index is 0.107. The van der Waals surface area contributed by atoms with Crippen LogP contribution in [0.15, 0.2) is 54.7 Å². The first-order chi connectivity index (χ1) is 16.7. The van der Waals surface area contributed by atoms with E-state index < -0.39 is 0 Å². The van der Waals surface area contributed by atoms with Crippen LogP contribution in [0.3, 0.4) is 0 Å². The van der Waals surface area contributed by atoms with E-state index in [2.05, 4.69) is 49.7 Å². The third-order valence-electron chi connectivity index (χ3n) is 7.37. The summed E-state index contributed by atoms with van der Waals surface area (Å²) in [5.41, 5.74) is 2.23. The molecular weight excluding hydrogens is 428 g/mol. The van der Waals surface area contributed by atoms with E-state index in [0.717, 1.165) is 51.3 Å². The number of aromatic nitrogens is 1. The first-order valence-corrected chi connectivity index (χ1v) is 12.4. The maximum absolute atomic E-state index is 12.9. The van der Waals surface area contributed by atoms with Crippen molar-refractivity contribution in [2.75, 3.05) is 44.2 Å². The molecule has 180 valence electrons. The number of nitrogens with zero attached hydrogens (tertiary/aromatic N) is 4. The molecule has 1 aromatic heterocycles. The molecule has 3 fully saturated rings. The molecule has 0 saturated carbocycles. The summed E-state index contributed by atoms with van der Waals surface area (Å²) in [5.74, 6) is 0.340. The monoisotopic (exact) mass is 462 g/mol. The number of hydrogen-bond donors (Lipinski definition) is 2. The highest BCUT2D eigenvalue weighted by molar-refractivity contribution is 5.83. The SMILES string of the molecule is O=C1NC[C@@H](CCC(=O)N2CCN(c3ccccc3)CC2)N2C[C@@H](NCc3ccccn3)C[C@@H]12. The van der Waals surface area contributed by atoms with Crippen LogP contribution >= 0.6 is 0 Å². The summed E-state index contributed by atoms with van der Waals surface area (Å²) in [6.07, 6.45) is 3.91. The van der Waals surface area contributed by atoms with Gasteiger partial charge in [0.2, 0.25) is 11.8 Å². The fourth-order valence-corrected chi connectivity index (χ4v) is 5.44. The molecule has 8 heteroatoms. The summed E-state index contributed by atoms with van der Waals surface area (Å²) in [5, 5.41) is 6.64. The average molecular weight is 463 g/mol. The van der Waals surface area contributed by atoms with Crippen molar-refractivity contribution < 1.29 is 9.59 Å². The molecule has 0 unspecified atom stereocenters. The van der Waals surface area contributed by atoms with E-state index in [1.54, 1.807) is 6.20 Å². The van der Waals surface area contributed by atoms with Crippen molar-refractivity contribution in [1.82, 2.24) is 25.4 Å². The fraction of sp³-hybridized carbons (Fsp3) is 0.500. The van der Waals surface area contributed by atoms with Gasteiger partial charge in [-0.05, 0) is 37.1 Å². The van der Waals surface area contributed by atoms with Crippen LogP contribution in [-0.4, -0.2) is 84.0 Å². The van der Waals surface area contributed by atoms with Crippen molar-refractivity contribution in [2.45, 2.75) is 43.9 Å². The summed E-state index contributed by atoms with van der Waals surface area (Å²) in [7, 11) is 0. The van der Waals surface area contributed by atoms with E-state index >= 15 is 0 Å². The molecule has 34 heavy (non-hydrogen) atoms. The molecule has 2 amide bonds. The highest BCUT2D eigenvalue weighted by Gasteiger charge is 2.43. The summed E-state index contributed by atoms with van der Waals surface area (Å²) < 4.78 is 0. The number of carbonyl (C=O) groups excluding carboxylic acids is 2. The number of hydrogen-bond acceptors (Lipinski definition) is 6. The number of para-hydroxylation sites is 1. The largest absolute Gasteiger partial charge is 0.368 e. The van der Waals surface area contributed by atoms with Crippen LogP contribution in [-0.2, 0) is 16.1 Å². The standard InChI is InChI=1S/C26H34N6O2/c33-25(31-14-12-30(13-15-31)22-7-2-1-3-8-22)10-9-23-18-29-26(34)24-16-21(19-32(23)24)28-17-20-6-4-5-11-27-20/h1-8,11,21,23-24,28H,9-10,12-19H2,(H,29,34)/t21-,23+,24-/m0/s1. The maximum atomic E-state index is 12.9. The fourth-order valence-electron chi connectivity index (χ4n) is 5.44. The molecule has 0 bridgehead atoms. The smallest absolute Gasteiger partial charge is 0.237 e. The Hall–Kier alpha value is -2.97. The van der Waals surface area contributed by atoms with Gasteiger partial charge < -0.3 is 20.4 Å². The number of nitrogens with one attached hydrogen (secondary N) is 2. The average Bonchev–Trinajstić information content (AvgIpc) is 3.34. The Morgan fingerprint density at radius 3 is 2.62 bits per heavy atom. The third kappa shape index (κ3) is 5.23. The van der Waals surface area contributed by atoms with Crippen LogP contribution in [0.2, 0.25) is 0 Å². The van der Waals surface area contributed by atoms with E-state index in [0.29, 0.717) is 19.5 Å². The molecule has 2 aromatic rings. The second-order valence-corrected chi connectivity index (χ2v) is 9.49.